The molecular formula is C10H13NO. The van der Waals surface area contributed by atoms with E-state index in [-0.39, 0.29) is 0 Å². The van der Waals surface area contributed by atoms with Crippen molar-refractivity contribution < 1.29 is 4.74 Å². The first-order valence-corrected chi connectivity index (χ1v) is 4.28. The minimum Gasteiger partial charge on any atom is -0.488 e. The molecule has 2 rings (SSSR count). The van der Waals surface area contributed by atoms with Gasteiger partial charge in [-0.3, -0.25) is 0 Å². The molecule has 2 nitrogen and oxygen atoms in total. The Morgan fingerprint density at radius 2 is 2.17 bits per heavy atom. The smallest absolute Gasteiger partial charge is 0.142 e. The fraction of sp³-hybridized carbons (Fsp3) is 0.400. The molecule has 0 amide bonds. The van der Waals surface area contributed by atoms with Crippen LogP contribution in [0.25, 0.3) is 0 Å². The van der Waals surface area contributed by atoms with Crippen molar-refractivity contribution in [3.05, 3.63) is 23.8 Å². The Bertz CT molecular complexity index is 292. The van der Waals surface area contributed by atoms with Crippen LogP contribution in [0.15, 0.2) is 18.2 Å². The molecule has 0 atom stereocenters. The number of anilines is 1. The van der Waals surface area contributed by atoms with Crippen molar-refractivity contribution in [3.8, 4) is 5.75 Å². The lowest BCUT2D eigenvalue weighted by molar-refractivity contribution is 0.305. The minimum absolute atomic E-state index is 0.425. The predicted molar refractivity (Wildman–Crippen MR) is 49.2 cm³/mol. The van der Waals surface area contributed by atoms with E-state index in [0.29, 0.717) is 6.10 Å². The van der Waals surface area contributed by atoms with Crippen LogP contribution in [-0.4, -0.2) is 6.10 Å². The van der Waals surface area contributed by atoms with Crippen molar-refractivity contribution in [1.29, 1.82) is 0 Å². The Balaban J connectivity index is 2.21. The van der Waals surface area contributed by atoms with E-state index in [9.17, 15) is 0 Å². The van der Waals surface area contributed by atoms with Gasteiger partial charge in [-0.25, -0.2) is 0 Å². The van der Waals surface area contributed by atoms with Crippen molar-refractivity contribution >= 4 is 5.69 Å². The summed E-state index contributed by atoms with van der Waals surface area (Å²) in [4.78, 5) is 0. The summed E-state index contributed by atoms with van der Waals surface area (Å²) in [6.07, 6.45) is 2.77. The monoisotopic (exact) mass is 163 g/mol. The zero-order valence-electron chi connectivity index (χ0n) is 7.21. The first-order chi connectivity index (χ1) is 5.75. The van der Waals surface area contributed by atoms with E-state index in [4.69, 9.17) is 10.5 Å². The molecule has 0 unspecified atom stereocenters. The average Bonchev–Trinajstić information content (AvgIpc) is 2.81. The zero-order chi connectivity index (χ0) is 8.55. The van der Waals surface area contributed by atoms with E-state index in [1.54, 1.807) is 0 Å². The number of benzene rings is 1. The lowest BCUT2D eigenvalue weighted by Crippen LogP contribution is -1.99. The molecule has 1 aromatic rings. The van der Waals surface area contributed by atoms with Crippen LogP contribution in [-0.2, 0) is 0 Å². The van der Waals surface area contributed by atoms with Crippen molar-refractivity contribution in [2.24, 2.45) is 0 Å². The van der Waals surface area contributed by atoms with Crippen LogP contribution in [0.3, 0.4) is 0 Å². The summed E-state index contributed by atoms with van der Waals surface area (Å²) in [7, 11) is 0. The van der Waals surface area contributed by atoms with Gasteiger partial charge in [-0.05, 0) is 37.5 Å². The summed E-state index contributed by atoms with van der Waals surface area (Å²) in [5.74, 6) is 0.845. The minimum atomic E-state index is 0.425. The normalized spacial score (nSPS) is 16.1. The number of rotatable bonds is 2. The molecule has 1 aromatic carbocycles. The second-order valence-electron chi connectivity index (χ2n) is 3.36. The van der Waals surface area contributed by atoms with Gasteiger partial charge in [0.1, 0.15) is 5.75 Å². The quantitative estimate of drug-likeness (QED) is 0.678. The van der Waals surface area contributed by atoms with Crippen LogP contribution < -0.4 is 10.5 Å². The van der Waals surface area contributed by atoms with E-state index < -0.39 is 0 Å². The Hall–Kier alpha value is -1.18. The number of nitrogens with two attached hydrogens (primary N) is 1. The number of ether oxygens (including phenoxy) is 1. The predicted octanol–water partition coefficient (Wildman–Crippen LogP) is 2.12. The lowest BCUT2D eigenvalue weighted by atomic mass is 10.2. The van der Waals surface area contributed by atoms with Crippen LogP contribution >= 0.6 is 0 Å². The summed E-state index contributed by atoms with van der Waals surface area (Å²) >= 11 is 0. The molecule has 0 heterocycles. The van der Waals surface area contributed by atoms with Gasteiger partial charge >= 0.3 is 0 Å². The Kier molecular flexibility index (Phi) is 1.68. The van der Waals surface area contributed by atoms with Gasteiger partial charge in [-0.1, -0.05) is 6.07 Å². The maximum Gasteiger partial charge on any atom is 0.142 e. The lowest BCUT2D eigenvalue weighted by Gasteiger charge is -2.07. The number of nitrogen functional groups attached to an aromatic ring is 1. The van der Waals surface area contributed by atoms with Crippen molar-refractivity contribution in [2.75, 3.05) is 5.73 Å². The Morgan fingerprint density at radius 1 is 1.42 bits per heavy atom. The van der Waals surface area contributed by atoms with Gasteiger partial charge < -0.3 is 10.5 Å². The molecule has 2 heteroatoms. The van der Waals surface area contributed by atoms with Crippen molar-refractivity contribution in [2.45, 2.75) is 25.9 Å². The molecule has 0 spiro atoms. The third-order valence-corrected chi connectivity index (χ3v) is 1.99. The molecule has 12 heavy (non-hydrogen) atoms. The van der Waals surface area contributed by atoms with Crippen LogP contribution in [0.4, 0.5) is 5.69 Å². The summed E-state index contributed by atoms with van der Waals surface area (Å²) in [6, 6.07) is 5.88. The molecule has 0 saturated heterocycles. The summed E-state index contributed by atoms with van der Waals surface area (Å²) in [5.41, 5.74) is 7.68. The molecule has 64 valence electrons. The first kappa shape index (κ1) is 7.47. The van der Waals surface area contributed by atoms with E-state index in [1.165, 1.54) is 18.4 Å². The fourth-order valence-corrected chi connectivity index (χ4v) is 1.11. The number of hydrogen-bond donors (Lipinski definition) is 1. The molecule has 2 N–H and O–H groups in total. The fourth-order valence-electron chi connectivity index (χ4n) is 1.11. The highest BCUT2D eigenvalue weighted by molar-refractivity contribution is 5.53. The van der Waals surface area contributed by atoms with Gasteiger partial charge in [0.15, 0.2) is 0 Å². The molecular weight excluding hydrogens is 150 g/mol. The highest BCUT2D eigenvalue weighted by Gasteiger charge is 2.24. The second-order valence-corrected chi connectivity index (χ2v) is 3.36. The summed E-state index contributed by atoms with van der Waals surface area (Å²) in [5, 5.41) is 0. The van der Waals surface area contributed by atoms with Gasteiger partial charge in [-0.15, -0.1) is 0 Å². The molecule has 0 aromatic heterocycles. The summed E-state index contributed by atoms with van der Waals surface area (Å²) in [6.45, 7) is 2.04. The van der Waals surface area contributed by atoms with E-state index in [0.717, 1.165) is 11.4 Å². The van der Waals surface area contributed by atoms with Gasteiger partial charge in [0.05, 0.1) is 11.8 Å². The van der Waals surface area contributed by atoms with Crippen molar-refractivity contribution in [3.63, 3.8) is 0 Å². The molecule has 1 aliphatic rings. The maximum absolute atomic E-state index is 5.74. The van der Waals surface area contributed by atoms with Gasteiger partial charge in [0.25, 0.3) is 0 Å². The van der Waals surface area contributed by atoms with Crippen LogP contribution in [0, 0.1) is 6.92 Å². The number of hydrogen-bond acceptors (Lipinski definition) is 2. The molecule has 0 bridgehead atoms. The summed E-state index contributed by atoms with van der Waals surface area (Å²) < 4.78 is 5.61. The SMILES string of the molecule is Cc1ccc(N)c(OC2CC2)c1. The largest absolute Gasteiger partial charge is 0.488 e. The zero-order valence-corrected chi connectivity index (χ0v) is 7.21. The topological polar surface area (TPSA) is 35.2 Å². The molecule has 0 radical (unpaired) electrons. The molecule has 1 fully saturated rings. The van der Waals surface area contributed by atoms with Crippen LogP contribution in [0.1, 0.15) is 18.4 Å². The van der Waals surface area contributed by atoms with Gasteiger partial charge in [0.2, 0.25) is 0 Å². The van der Waals surface area contributed by atoms with Crippen LogP contribution in [0.5, 0.6) is 5.75 Å². The van der Waals surface area contributed by atoms with Gasteiger partial charge in [0, 0.05) is 0 Å². The Labute approximate surface area is 72.3 Å². The molecule has 1 aliphatic carbocycles. The highest BCUT2D eigenvalue weighted by Crippen LogP contribution is 2.30. The molecule has 0 aliphatic heterocycles. The maximum atomic E-state index is 5.74. The van der Waals surface area contributed by atoms with Crippen LogP contribution in [0.2, 0.25) is 0 Å². The second kappa shape index (κ2) is 2.70. The number of aryl methyl sites for hydroxylation is 1. The van der Waals surface area contributed by atoms with Gasteiger partial charge in [-0.2, -0.15) is 0 Å². The van der Waals surface area contributed by atoms with E-state index >= 15 is 0 Å². The van der Waals surface area contributed by atoms with Crippen molar-refractivity contribution in [1.82, 2.24) is 0 Å². The third kappa shape index (κ3) is 1.52. The average molecular weight is 163 g/mol. The Morgan fingerprint density at radius 3 is 2.83 bits per heavy atom. The highest BCUT2D eigenvalue weighted by atomic mass is 16.5. The standard InChI is InChI=1S/C10H13NO/c1-7-2-5-9(11)10(6-7)12-8-3-4-8/h2,5-6,8H,3-4,11H2,1H3. The van der Waals surface area contributed by atoms with E-state index in [1.807, 2.05) is 25.1 Å². The van der Waals surface area contributed by atoms with E-state index in [2.05, 4.69) is 0 Å². The third-order valence-electron chi connectivity index (χ3n) is 1.99. The first-order valence-electron chi connectivity index (χ1n) is 4.28. The molecule has 1 saturated carbocycles.